The first-order valence-electron chi connectivity index (χ1n) is 3.81. The summed E-state index contributed by atoms with van der Waals surface area (Å²) in [5.41, 5.74) is 5.62. The lowest BCUT2D eigenvalue weighted by Gasteiger charge is -2.04. The third kappa shape index (κ3) is 1.10. The number of aromatic nitrogens is 2. The fraction of sp³-hybridized carbons (Fsp3) is 0.375. The average Bonchev–Trinajstić information content (AvgIpc) is 2.85. The first-order chi connectivity index (χ1) is 5.72. The van der Waals surface area contributed by atoms with E-state index >= 15 is 0 Å². The highest BCUT2D eigenvalue weighted by Gasteiger charge is 2.46. The Morgan fingerprint density at radius 3 is 2.50 bits per heavy atom. The molecule has 1 aromatic heterocycles. The molecule has 1 aliphatic carbocycles. The van der Waals surface area contributed by atoms with Gasteiger partial charge >= 0.3 is 0 Å². The maximum absolute atomic E-state index is 11.5. The number of hydrogen-bond acceptors (Lipinski definition) is 4. The molecular formula is C8H9N3O. The molecule has 0 amide bonds. The number of hydrogen-bond donors (Lipinski definition) is 1. The van der Waals surface area contributed by atoms with Crippen LogP contribution in [0.4, 0.5) is 0 Å². The molecule has 0 aliphatic heterocycles. The molecule has 2 rings (SSSR count). The molecule has 1 heterocycles. The van der Waals surface area contributed by atoms with Gasteiger partial charge in [-0.15, -0.1) is 0 Å². The Balaban J connectivity index is 2.26. The lowest BCUT2D eigenvalue weighted by atomic mass is 10.1. The Hall–Kier alpha value is -1.29. The van der Waals surface area contributed by atoms with Crippen LogP contribution >= 0.6 is 0 Å². The normalized spacial score (nSPS) is 18.8. The molecule has 0 spiro atoms. The van der Waals surface area contributed by atoms with Crippen LogP contribution < -0.4 is 5.73 Å². The highest BCUT2D eigenvalue weighted by Crippen LogP contribution is 2.35. The lowest BCUT2D eigenvalue weighted by Crippen LogP contribution is -2.32. The third-order valence-electron chi connectivity index (χ3n) is 2.06. The molecule has 1 saturated carbocycles. The van der Waals surface area contributed by atoms with Gasteiger partial charge in [-0.2, -0.15) is 0 Å². The molecule has 1 aromatic rings. The van der Waals surface area contributed by atoms with Crippen molar-refractivity contribution in [3.63, 3.8) is 0 Å². The second kappa shape index (κ2) is 2.35. The summed E-state index contributed by atoms with van der Waals surface area (Å²) in [6, 6.07) is 0. The van der Waals surface area contributed by atoms with Crippen molar-refractivity contribution in [2.75, 3.05) is 0 Å². The summed E-state index contributed by atoms with van der Waals surface area (Å²) in [6.07, 6.45) is 5.96. The van der Waals surface area contributed by atoms with Crippen LogP contribution in [0.3, 0.4) is 0 Å². The van der Waals surface area contributed by atoms with Gasteiger partial charge in [0, 0.05) is 12.4 Å². The van der Waals surface area contributed by atoms with E-state index in [1.807, 2.05) is 0 Å². The van der Waals surface area contributed by atoms with Gasteiger partial charge in [-0.05, 0) is 12.8 Å². The minimum absolute atomic E-state index is 0.0388. The number of nitrogens with zero attached hydrogens (tertiary/aromatic N) is 2. The Morgan fingerprint density at radius 2 is 2.00 bits per heavy atom. The number of rotatable bonds is 2. The topological polar surface area (TPSA) is 68.9 Å². The fourth-order valence-electron chi connectivity index (χ4n) is 1.07. The molecule has 62 valence electrons. The van der Waals surface area contributed by atoms with Gasteiger partial charge in [0.05, 0.1) is 11.1 Å². The van der Waals surface area contributed by atoms with Crippen LogP contribution in [0.15, 0.2) is 18.7 Å². The van der Waals surface area contributed by atoms with Gasteiger partial charge in [0.2, 0.25) is 0 Å². The van der Waals surface area contributed by atoms with Crippen molar-refractivity contribution in [3.05, 3.63) is 24.3 Å². The molecule has 0 radical (unpaired) electrons. The molecular weight excluding hydrogens is 154 g/mol. The van der Waals surface area contributed by atoms with E-state index in [-0.39, 0.29) is 5.78 Å². The highest BCUT2D eigenvalue weighted by atomic mass is 16.1. The summed E-state index contributed by atoms with van der Waals surface area (Å²) in [5.74, 6) is -0.0388. The van der Waals surface area contributed by atoms with Crippen molar-refractivity contribution in [2.24, 2.45) is 5.73 Å². The second-order valence-electron chi connectivity index (χ2n) is 3.11. The van der Waals surface area contributed by atoms with Gasteiger partial charge < -0.3 is 5.73 Å². The van der Waals surface area contributed by atoms with Gasteiger partial charge in [-0.1, -0.05) is 0 Å². The van der Waals surface area contributed by atoms with Crippen molar-refractivity contribution >= 4 is 5.78 Å². The summed E-state index contributed by atoms with van der Waals surface area (Å²) in [6.45, 7) is 0. The van der Waals surface area contributed by atoms with Gasteiger partial charge in [0.15, 0.2) is 5.78 Å². The number of carbonyl (C=O) groups excluding carboxylic acids is 1. The van der Waals surface area contributed by atoms with E-state index < -0.39 is 5.54 Å². The zero-order chi connectivity index (χ0) is 8.60. The van der Waals surface area contributed by atoms with E-state index in [0.29, 0.717) is 5.56 Å². The fourth-order valence-corrected chi connectivity index (χ4v) is 1.07. The Labute approximate surface area is 69.8 Å². The highest BCUT2D eigenvalue weighted by molar-refractivity contribution is 6.04. The SMILES string of the molecule is NC1(C(=O)c2cncnc2)CC1. The lowest BCUT2D eigenvalue weighted by molar-refractivity contribution is 0.0948. The first kappa shape index (κ1) is 7.36. The molecule has 12 heavy (non-hydrogen) atoms. The largest absolute Gasteiger partial charge is 0.319 e. The van der Waals surface area contributed by atoms with E-state index in [4.69, 9.17) is 5.73 Å². The van der Waals surface area contributed by atoms with Gasteiger partial charge in [-0.3, -0.25) is 4.79 Å². The van der Waals surface area contributed by atoms with Crippen molar-refractivity contribution in [1.29, 1.82) is 0 Å². The van der Waals surface area contributed by atoms with Gasteiger partial charge in [0.1, 0.15) is 6.33 Å². The van der Waals surface area contributed by atoms with Crippen LogP contribution in [0.2, 0.25) is 0 Å². The van der Waals surface area contributed by atoms with Gasteiger partial charge in [0.25, 0.3) is 0 Å². The van der Waals surface area contributed by atoms with Crippen LogP contribution in [0.5, 0.6) is 0 Å². The van der Waals surface area contributed by atoms with Crippen LogP contribution in [0.25, 0.3) is 0 Å². The maximum Gasteiger partial charge on any atom is 0.185 e. The zero-order valence-electron chi connectivity index (χ0n) is 6.53. The molecule has 2 N–H and O–H groups in total. The monoisotopic (exact) mass is 163 g/mol. The first-order valence-corrected chi connectivity index (χ1v) is 3.81. The smallest absolute Gasteiger partial charge is 0.185 e. The summed E-state index contributed by atoms with van der Waals surface area (Å²) < 4.78 is 0. The number of carbonyl (C=O) groups is 1. The van der Waals surface area contributed by atoms with E-state index in [0.717, 1.165) is 12.8 Å². The number of nitrogens with two attached hydrogens (primary N) is 1. The molecule has 4 heteroatoms. The molecule has 4 nitrogen and oxygen atoms in total. The Kier molecular flexibility index (Phi) is 1.44. The van der Waals surface area contributed by atoms with E-state index in [9.17, 15) is 4.79 Å². The summed E-state index contributed by atoms with van der Waals surface area (Å²) in [5, 5.41) is 0. The predicted octanol–water partition coefficient (Wildman–Crippen LogP) is 0.151. The number of ketones is 1. The molecule has 0 unspecified atom stereocenters. The van der Waals surface area contributed by atoms with Crippen LogP contribution in [0, 0.1) is 0 Å². The van der Waals surface area contributed by atoms with Gasteiger partial charge in [-0.25, -0.2) is 9.97 Å². The quantitative estimate of drug-likeness (QED) is 0.630. The van der Waals surface area contributed by atoms with E-state index in [1.54, 1.807) is 0 Å². The van der Waals surface area contributed by atoms with Crippen molar-refractivity contribution in [2.45, 2.75) is 18.4 Å². The van der Waals surface area contributed by atoms with E-state index in [2.05, 4.69) is 9.97 Å². The van der Waals surface area contributed by atoms with Crippen molar-refractivity contribution in [3.8, 4) is 0 Å². The second-order valence-corrected chi connectivity index (χ2v) is 3.11. The molecule has 0 atom stereocenters. The maximum atomic E-state index is 11.5. The average molecular weight is 163 g/mol. The van der Waals surface area contributed by atoms with Crippen molar-refractivity contribution < 1.29 is 4.79 Å². The molecule has 0 bridgehead atoms. The standard InChI is InChI=1S/C8H9N3O/c9-8(1-2-8)7(12)6-3-10-5-11-4-6/h3-5H,1-2,9H2. The van der Waals surface area contributed by atoms with Crippen LogP contribution in [-0.2, 0) is 0 Å². The Morgan fingerprint density at radius 1 is 1.42 bits per heavy atom. The summed E-state index contributed by atoms with van der Waals surface area (Å²) in [4.78, 5) is 19.0. The zero-order valence-corrected chi connectivity index (χ0v) is 6.53. The predicted molar refractivity (Wildman–Crippen MR) is 42.5 cm³/mol. The summed E-state index contributed by atoms with van der Waals surface area (Å²) in [7, 11) is 0. The minimum Gasteiger partial charge on any atom is -0.319 e. The van der Waals surface area contributed by atoms with Crippen LogP contribution in [0.1, 0.15) is 23.2 Å². The minimum atomic E-state index is -0.606. The van der Waals surface area contributed by atoms with Crippen LogP contribution in [-0.4, -0.2) is 21.3 Å². The third-order valence-corrected chi connectivity index (χ3v) is 2.06. The molecule has 0 aromatic carbocycles. The molecule has 1 fully saturated rings. The Bertz CT molecular complexity index is 305. The van der Waals surface area contributed by atoms with Crippen molar-refractivity contribution in [1.82, 2.24) is 9.97 Å². The van der Waals surface area contributed by atoms with E-state index in [1.165, 1.54) is 18.7 Å². The number of Topliss-reactive ketones (excluding diaryl/α,β-unsaturated/α-hetero) is 1. The molecule has 1 aliphatic rings. The summed E-state index contributed by atoms with van der Waals surface area (Å²) >= 11 is 0. The molecule has 0 saturated heterocycles.